The van der Waals surface area contributed by atoms with E-state index in [-0.39, 0.29) is 23.8 Å². The second-order valence-corrected chi connectivity index (χ2v) is 8.83. The van der Waals surface area contributed by atoms with Gasteiger partial charge in [-0.2, -0.15) is 11.8 Å². The van der Waals surface area contributed by atoms with Crippen LogP contribution in [0.3, 0.4) is 0 Å². The van der Waals surface area contributed by atoms with Gasteiger partial charge in [-0.1, -0.05) is 12.1 Å². The number of thioether (sulfide) groups is 1. The SMILES string of the molecule is C[C@@H]1CC[C@H](CCc2ccc(F)cc2)N1C(=O)c1ccc(OC2CSC2)cc1. The molecule has 0 unspecified atom stereocenters. The summed E-state index contributed by atoms with van der Waals surface area (Å²) in [6.45, 7) is 2.13. The second kappa shape index (κ2) is 8.56. The summed E-state index contributed by atoms with van der Waals surface area (Å²) in [6, 6.07) is 14.7. The molecule has 148 valence electrons. The van der Waals surface area contributed by atoms with E-state index in [4.69, 9.17) is 4.74 Å². The second-order valence-electron chi connectivity index (χ2n) is 7.76. The number of carbonyl (C=O) groups excluding carboxylic acids is 1. The lowest BCUT2D eigenvalue weighted by Gasteiger charge is -2.29. The molecule has 0 aliphatic carbocycles. The van der Waals surface area contributed by atoms with E-state index in [1.165, 1.54) is 12.1 Å². The van der Waals surface area contributed by atoms with Crippen LogP contribution in [0.1, 0.15) is 42.1 Å². The summed E-state index contributed by atoms with van der Waals surface area (Å²) >= 11 is 1.89. The number of benzene rings is 2. The fourth-order valence-electron chi connectivity index (χ4n) is 4.01. The summed E-state index contributed by atoms with van der Waals surface area (Å²) in [5.74, 6) is 2.81. The fourth-order valence-corrected chi connectivity index (χ4v) is 4.57. The van der Waals surface area contributed by atoms with E-state index < -0.39 is 0 Å². The summed E-state index contributed by atoms with van der Waals surface area (Å²) in [4.78, 5) is 15.2. The van der Waals surface area contributed by atoms with Crippen LogP contribution in [-0.4, -0.2) is 40.5 Å². The first kappa shape index (κ1) is 19.3. The number of carbonyl (C=O) groups is 1. The first-order chi connectivity index (χ1) is 13.6. The molecule has 0 radical (unpaired) electrons. The number of aryl methyl sites for hydroxylation is 1. The molecule has 0 N–H and O–H groups in total. The Kier molecular flexibility index (Phi) is 5.90. The van der Waals surface area contributed by atoms with Gasteiger partial charge in [-0.3, -0.25) is 4.79 Å². The number of nitrogens with zero attached hydrogens (tertiary/aromatic N) is 1. The Bertz CT molecular complexity index is 804. The quantitative estimate of drug-likeness (QED) is 0.689. The maximum atomic E-state index is 13.2. The summed E-state index contributed by atoms with van der Waals surface area (Å²) in [5, 5.41) is 0. The number of hydrogen-bond acceptors (Lipinski definition) is 3. The molecular formula is C23H26FNO2S. The van der Waals surface area contributed by atoms with Gasteiger partial charge < -0.3 is 9.64 Å². The van der Waals surface area contributed by atoms with Gasteiger partial charge in [0.25, 0.3) is 5.91 Å². The van der Waals surface area contributed by atoms with Crippen LogP contribution in [0.5, 0.6) is 5.75 Å². The highest BCUT2D eigenvalue weighted by Gasteiger charge is 2.34. The first-order valence-corrected chi connectivity index (χ1v) is 11.2. The van der Waals surface area contributed by atoms with Crippen molar-refractivity contribution in [3.05, 3.63) is 65.5 Å². The average Bonchev–Trinajstić information content (AvgIpc) is 3.04. The Balaban J connectivity index is 1.39. The topological polar surface area (TPSA) is 29.5 Å². The minimum atomic E-state index is -0.210. The molecule has 2 aromatic carbocycles. The van der Waals surface area contributed by atoms with Crippen LogP contribution in [0.2, 0.25) is 0 Å². The Hall–Kier alpha value is -2.01. The van der Waals surface area contributed by atoms with Crippen molar-refractivity contribution in [2.45, 2.75) is 50.8 Å². The first-order valence-electron chi connectivity index (χ1n) is 10.0. The van der Waals surface area contributed by atoms with Gasteiger partial charge >= 0.3 is 0 Å². The number of hydrogen-bond donors (Lipinski definition) is 0. The van der Waals surface area contributed by atoms with Gasteiger partial charge in [-0.15, -0.1) is 0 Å². The molecule has 0 spiro atoms. The minimum Gasteiger partial charge on any atom is -0.489 e. The Morgan fingerprint density at radius 1 is 1.11 bits per heavy atom. The maximum absolute atomic E-state index is 13.2. The van der Waals surface area contributed by atoms with Crippen LogP contribution >= 0.6 is 11.8 Å². The lowest BCUT2D eigenvalue weighted by molar-refractivity contribution is 0.0672. The summed E-state index contributed by atoms with van der Waals surface area (Å²) in [6.07, 6.45) is 4.12. The zero-order chi connectivity index (χ0) is 19.5. The summed E-state index contributed by atoms with van der Waals surface area (Å²) in [7, 11) is 0. The van der Waals surface area contributed by atoms with E-state index in [1.54, 1.807) is 0 Å². The van der Waals surface area contributed by atoms with Gasteiger partial charge in [0.1, 0.15) is 17.7 Å². The van der Waals surface area contributed by atoms with Gasteiger partial charge in [0.15, 0.2) is 0 Å². The van der Waals surface area contributed by atoms with Gasteiger partial charge in [-0.25, -0.2) is 4.39 Å². The highest BCUT2D eigenvalue weighted by Crippen LogP contribution is 2.30. The van der Waals surface area contributed by atoms with Crippen molar-refractivity contribution >= 4 is 17.7 Å². The third kappa shape index (κ3) is 4.35. The molecule has 3 nitrogen and oxygen atoms in total. The number of ether oxygens (including phenoxy) is 1. The standard InChI is InChI=1S/C23H26FNO2S/c1-16-2-10-20(11-5-17-3-8-19(24)9-4-17)25(16)23(26)18-6-12-21(13-7-18)27-22-14-28-15-22/h3-4,6-9,12-13,16,20,22H,2,5,10-11,14-15H2,1H3/t16-,20-/m1/s1. The van der Waals surface area contributed by atoms with Crippen molar-refractivity contribution in [1.29, 1.82) is 0 Å². The minimum absolute atomic E-state index is 0.0971. The summed E-state index contributed by atoms with van der Waals surface area (Å²) < 4.78 is 19.0. The third-order valence-electron chi connectivity index (χ3n) is 5.71. The normalized spacial score (nSPS) is 22.1. The molecule has 2 saturated heterocycles. The van der Waals surface area contributed by atoms with Crippen molar-refractivity contribution in [3.8, 4) is 5.75 Å². The molecule has 2 atom stereocenters. The molecule has 0 bridgehead atoms. The molecule has 1 amide bonds. The van der Waals surface area contributed by atoms with Gasteiger partial charge in [-0.05, 0) is 74.6 Å². The molecule has 28 heavy (non-hydrogen) atoms. The van der Waals surface area contributed by atoms with Crippen LogP contribution in [0, 0.1) is 5.82 Å². The fraction of sp³-hybridized carbons (Fsp3) is 0.435. The lowest BCUT2D eigenvalue weighted by Crippen LogP contribution is -2.40. The van der Waals surface area contributed by atoms with Crippen LogP contribution in [-0.2, 0) is 6.42 Å². The molecule has 0 saturated carbocycles. The van der Waals surface area contributed by atoms with Crippen molar-refractivity contribution < 1.29 is 13.9 Å². The molecule has 2 aliphatic rings. The van der Waals surface area contributed by atoms with Crippen molar-refractivity contribution in [2.75, 3.05) is 11.5 Å². The highest BCUT2D eigenvalue weighted by atomic mass is 32.2. The molecule has 2 heterocycles. The largest absolute Gasteiger partial charge is 0.489 e. The van der Waals surface area contributed by atoms with E-state index in [0.29, 0.717) is 6.10 Å². The monoisotopic (exact) mass is 399 g/mol. The highest BCUT2D eigenvalue weighted by molar-refractivity contribution is 8.00. The zero-order valence-corrected chi connectivity index (χ0v) is 17.0. The number of amides is 1. The van der Waals surface area contributed by atoms with E-state index in [1.807, 2.05) is 53.1 Å². The zero-order valence-electron chi connectivity index (χ0n) is 16.1. The van der Waals surface area contributed by atoms with Crippen LogP contribution in [0.15, 0.2) is 48.5 Å². The molecule has 2 aromatic rings. The van der Waals surface area contributed by atoms with Crippen LogP contribution < -0.4 is 4.74 Å². The predicted molar refractivity (Wildman–Crippen MR) is 112 cm³/mol. The van der Waals surface area contributed by atoms with E-state index in [0.717, 1.165) is 54.1 Å². The lowest BCUT2D eigenvalue weighted by atomic mass is 10.0. The summed E-state index contributed by atoms with van der Waals surface area (Å²) in [5.41, 5.74) is 1.83. The van der Waals surface area contributed by atoms with Gasteiger partial charge in [0.2, 0.25) is 0 Å². The van der Waals surface area contributed by atoms with Gasteiger partial charge in [0, 0.05) is 29.2 Å². The van der Waals surface area contributed by atoms with Crippen molar-refractivity contribution in [1.82, 2.24) is 4.90 Å². The van der Waals surface area contributed by atoms with Gasteiger partial charge in [0.05, 0.1) is 0 Å². The van der Waals surface area contributed by atoms with Crippen LogP contribution in [0.25, 0.3) is 0 Å². The van der Waals surface area contributed by atoms with E-state index in [2.05, 4.69) is 6.92 Å². The smallest absolute Gasteiger partial charge is 0.254 e. The number of likely N-dealkylation sites (tertiary alicyclic amines) is 1. The number of rotatable bonds is 6. The Morgan fingerprint density at radius 2 is 1.82 bits per heavy atom. The Labute approximate surface area is 170 Å². The third-order valence-corrected chi connectivity index (χ3v) is 6.93. The predicted octanol–water partition coefficient (Wildman–Crippen LogP) is 4.95. The molecule has 2 fully saturated rings. The Morgan fingerprint density at radius 3 is 2.46 bits per heavy atom. The molecule has 4 rings (SSSR count). The van der Waals surface area contributed by atoms with Crippen LogP contribution in [0.4, 0.5) is 4.39 Å². The molecule has 2 aliphatic heterocycles. The van der Waals surface area contributed by atoms with E-state index in [9.17, 15) is 9.18 Å². The maximum Gasteiger partial charge on any atom is 0.254 e. The van der Waals surface area contributed by atoms with Crippen molar-refractivity contribution in [3.63, 3.8) is 0 Å². The van der Waals surface area contributed by atoms with E-state index >= 15 is 0 Å². The molecular weight excluding hydrogens is 373 g/mol. The average molecular weight is 400 g/mol. The number of halogens is 1. The molecule has 5 heteroatoms. The molecule has 0 aromatic heterocycles. The van der Waals surface area contributed by atoms with Crippen molar-refractivity contribution in [2.24, 2.45) is 0 Å².